The zero-order valence-electron chi connectivity index (χ0n) is 18.2. The molecule has 29 heavy (non-hydrogen) atoms. The van der Waals surface area contributed by atoms with Gasteiger partial charge in [-0.2, -0.15) is 0 Å². The summed E-state index contributed by atoms with van der Waals surface area (Å²) in [7, 11) is 2.00. The van der Waals surface area contributed by atoms with Crippen molar-refractivity contribution in [2.24, 2.45) is 7.05 Å². The van der Waals surface area contributed by atoms with Crippen LogP contribution >= 0.6 is 0 Å². The molecule has 0 atom stereocenters. The number of piperazine rings is 1. The molecule has 3 aromatic rings. The second-order valence-electron chi connectivity index (χ2n) is 7.71. The molecule has 0 saturated carbocycles. The van der Waals surface area contributed by atoms with Crippen molar-refractivity contribution in [2.75, 3.05) is 31.1 Å². The highest BCUT2D eigenvalue weighted by Crippen LogP contribution is 2.27. The molecule has 5 heteroatoms. The lowest BCUT2D eigenvalue weighted by atomic mass is 10.0. The molecule has 3 heterocycles. The summed E-state index contributed by atoms with van der Waals surface area (Å²) in [6.45, 7) is 11.6. The van der Waals surface area contributed by atoms with Crippen LogP contribution in [-0.4, -0.2) is 45.6 Å². The highest BCUT2D eigenvalue weighted by Gasteiger charge is 2.18. The Morgan fingerprint density at radius 3 is 2.31 bits per heavy atom. The lowest BCUT2D eigenvalue weighted by Gasteiger charge is -2.36. The Hall–Kier alpha value is -2.66. The summed E-state index contributed by atoms with van der Waals surface area (Å²) in [6, 6.07) is 12.9. The maximum atomic E-state index is 4.48. The van der Waals surface area contributed by atoms with E-state index in [0.29, 0.717) is 0 Å². The number of imidazole rings is 1. The van der Waals surface area contributed by atoms with E-state index in [1.54, 1.807) is 0 Å². The van der Waals surface area contributed by atoms with Gasteiger partial charge in [-0.3, -0.25) is 9.88 Å². The van der Waals surface area contributed by atoms with Crippen LogP contribution in [0, 0.1) is 6.92 Å². The van der Waals surface area contributed by atoms with Gasteiger partial charge < -0.3 is 9.47 Å². The Balaban J connectivity index is 0.000000755. The summed E-state index contributed by atoms with van der Waals surface area (Å²) in [5, 5.41) is 0. The van der Waals surface area contributed by atoms with Gasteiger partial charge in [0.15, 0.2) is 0 Å². The van der Waals surface area contributed by atoms with Crippen LogP contribution in [0.5, 0.6) is 0 Å². The minimum absolute atomic E-state index is 0.937. The fraction of sp³-hybridized carbons (Fsp3) is 0.417. The van der Waals surface area contributed by atoms with E-state index in [0.717, 1.165) is 44.1 Å². The molecule has 1 aliphatic rings. The normalized spacial score (nSPS) is 14.4. The Kier molecular flexibility index (Phi) is 7.42. The van der Waals surface area contributed by atoms with Gasteiger partial charge in [0.1, 0.15) is 0 Å². The third kappa shape index (κ3) is 5.67. The van der Waals surface area contributed by atoms with E-state index < -0.39 is 0 Å². The van der Waals surface area contributed by atoms with E-state index in [4.69, 9.17) is 0 Å². The molecular formula is C24H33N5. The van der Waals surface area contributed by atoms with Gasteiger partial charge in [0.2, 0.25) is 0 Å². The molecule has 4 rings (SSSR count). The van der Waals surface area contributed by atoms with Crippen LogP contribution < -0.4 is 4.90 Å². The first-order valence-corrected chi connectivity index (χ1v) is 10.6. The first-order chi connectivity index (χ1) is 14.1. The number of pyridine rings is 1. The highest BCUT2D eigenvalue weighted by molar-refractivity contribution is 5.67. The van der Waals surface area contributed by atoms with Gasteiger partial charge in [-0.25, -0.2) is 4.98 Å². The summed E-state index contributed by atoms with van der Waals surface area (Å²) in [4.78, 5) is 13.9. The van der Waals surface area contributed by atoms with E-state index in [1.165, 1.54) is 23.2 Å². The predicted octanol–water partition coefficient (Wildman–Crippen LogP) is 4.53. The van der Waals surface area contributed by atoms with E-state index in [9.17, 15) is 0 Å². The third-order valence-electron chi connectivity index (χ3n) is 5.04. The number of hydrogen-bond acceptors (Lipinski definition) is 4. The quantitative estimate of drug-likeness (QED) is 0.655. The van der Waals surface area contributed by atoms with Gasteiger partial charge in [-0.1, -0.05) is 32.4 Å². The van der Waals surface area contributed by atoms with Crippen molar-refractivity contribution in [3.63, 3.8) is 0 Å². The SMILES string of the molecule is CCC.Cc1cc(N2CCN(Cc3ccccn3)CC2)ccc1-c1cn(C)cn1. The minimum atomic E-state index is 0.937. The highest BCUT2D eigenvalue weighted by atomic mass is 15.3. The molecule has 0 aliphatic carbocycles. The molecule has 1 fully saturated rings. The summed E-state index contributed by atoms with van der Waals surface area (Å²) in [6.07, 6.45) is 7.04. The largest absolute Gasteiger partial charge is 0.369 e. The number of hydrogen-bond donors (Lipinski definition) is 0. The Morgan fingerprint density at radius 2 is 1.72 bits per heavy atom. The number of anilines is 1. The molecule has 1 saturated heterocycles. The summed E-state index contributed by atoms with van der Waals surface area (Å²) < 4.78 is 1.99. The fourth-order valence-corrected chi connectivity index (χ4v) is 3.57. The van der Waals surface area contributed by atoms with Gasteiger partial charge in [-0.15, -0.1) is 0 Å². The molecule has 0 N–H and O–H groups in total. The Morgan fingerprint density at radius 1 is 0.966 bits per heavy atom. The summed E-state index contributed by atoms with van der Waals surface area (Å²) in [5.41, 5.74) is 5.98. The smallest absolute Gasteiger partial charge is 0.0951 e. The lowest BCUT2D eigenvalue weighted by Crippen LogP contribution is -2.46. The van der Waals surface area contributed by atoms with Crippen molar-refractivity contribution >= 4 is 5.69 Å². The van der Waals surface area contributed by atoms with Crippen molar-refractivity contribution in [2.45, 2.75) is 33.7 Å². The molecule has 1 aromatic carbocycles. The van der Waals surface area contributed by atoms with Gasteiger partial charge >= 0.3 is 0 Å². The molecule has 1 aliphatic heterocycles. The number of nitrogens with zero attached hydrogens (tertiary/aromatic N) is 5. The second kappa shape index (κ2) is 10.2. The Labute approximate surface area is 175 Å². The van der Waals surface area contributed by atoms with Crippen molar-refractivity contribution in [1.82, 2.24) is 19.4 Å². The van der Waals surface area contributed by atoms with Gasteiger partial charge in [0, 0.05) is 63.4 Å². The zero-order valence-corrected chi connectivity index (χ0v) is 18.2. The number of aryl methyl sites for hydroxylation is 2. The van der Waals surface area contributed by atoms with Crippen molar-refractivity contribution in [3.8, 4) is 11.3 Å². The molecule has 0 radical (unpaired) electrons. The topological polar surface area (TPSA) is 37.2 Å². The van der Waals surface area contributed by atoms with Gasteiger partial charge in [0.05, 0.1) is 17.7 Å². The van der Waals surface area contributed by atoms with Crippen LogP contribution in [0.15, 0.2) is 55.1 Å². The predicted molar refractivity (Wildman–Crippen MR) is 121 cm³/mol. The van der Waals surface area contributed by atoms with Crippen molar-refractivity contribution < 1.29 is 0 Å². The van der Waals surface area contributed by atoms with Gasteiger partial charge in [-0.05, 0) is 36.8 Å². The molecule has 0 amide bonds. The molecule has 0 spiro atoms. The zero-order chi connectivity index (χ0) is 20.6. The average molecular weight is 392 g/mol. The van der Waals surface area contributed by atoms with Crippen LogP contribution in [0.25, 0.3) is 11.3 Å². The van der Waals surface area contributed by atoms with Crippen LogP contribution in [-0.2, 0) is 13.6 Å². The van der Waals surface area contributed by atoms with Crippen LogP contribution in [0.2, 0.25) is 0 Å². The molecule has 2 aromatic heterocycles. The Bertz CT molecular complexity index is 879. The van der Waals surface area contributed by atoms with E-state index in [1.807, 2.05) is 30.2 Å². The monoisotopic (exact) mass is 391 g/mol. The van der Waals surface area contributed by atoms with E-state index in [2.05, 4.69) is 77.1 Å². The standard InChI is InChI=1S/C21H25N5.C3H8/c1-17-13-19(6-7-20(17)21-15-24(2)16-23-21)26-11-9-25(10-12-26)14-18-5-3-4-8-22-18;1-3-2/h3-8,13,15-16H,9-12,14H2,1-2H3;3H2,1-2H3. The van der Waals surface area contributed by atoms with Crippen LogP contribution in [0.3, 0.4) is 0 Å². The minimum Gasteiger partial charge on any atom is -0.369 e. The number of aromatic nitrogens is 3. The second-order valence-corrected chi connectivity index (χ2v) is 7.71. The molecule has 0 bridgehead atoms. The maximum absolute atomic E-state index is 4.48. The molecular weight excluding hydrogens is 358 g/mol. The first kappa shape index (κ1) is 21.1. The maximum Gasteiger partial charge on any atom is 0.0951 e. The van der Waals surface area contributed by atoms with E-state index >= 15 is 0 Å². The van der Waals surface area contributed by atoms with Crippen LogP contribution in [0.4, 0.5) is 5.69 Å². The number of benzene rings is 1. The summed E-state index contributed by atoms with van der Waals surface area (Å²) >= 11 is 0. The number of rotatable bonds is 4. The van der Waals surface area contributed by atoms with E-state index in [-0.39, 0.29) is 0 Å². The third-order valence-corrected chi connectivity index (χ3v) is 5.04. The first-order valence-electron chi connectivity index (χ1n) is 10.6. The van der Waals surface area contributed by atoms with Gasteiger partial charge in [0.25, 0.3) is 0 Å². The molecule has 154 valence electrons. The van der Waals surface area contributed by atoms with Crippen molar-refractivity contribution in [1.29, 1.82) is 0 Å². The molecule has 0 unspecified atom stereocenters. The van der Waals surface area contributed by atoms with Crippen molar-refractivity contribution in [3.05, 3.63) is 66.4 Å². The average Bonchev–Trinajstić information content (AvgIpc) is 3.16. The molecule has 5 nitrogen and oxygen atoms in total. The fourth-order valence-electron chi connectivity index (χ4n) is 3.57. The summed E-state index contributed by atoms with van der Waals surface area (Å²) in [5.74, 6) is 0. The lowest BCUT2D eigenvalue weighted by molar-refractivity contribution is 0.247. The van der Waals surface area contributed by atoms with Crippen LogP contribution in [0.1, 0.15) is 31.5 Å².